The van der Waals surface area contributed by atoms with Gasteiger partial charge in [0.15, 0.2) is 0 Å². The Kier molecular flexibility index (Phi) is 6.31. The molecule has 1 aliphatic heterocycles. The number of rotatable bonds is 5. The summed E-state index contributed by atoms with van der Waals surface area (Å²) in [7, 11) is 0. The van der Waals surface area contributed by atoms with Crippen LogP contribution in [0.15, 0.2) is 78.9 Å². The van der Waals surface area contributed by atoms with Crippen molar-refractivity contribution < 1.29 is 9.18 Å². The van der Waals surface area contributed by atoms with E-state index in [1.165, 1.54) is 12.1 Å². The van der Waals surface area contributed by atoms with Crippen LogP contribution in [-0.4, -0.2) is 34.8 Å². The first-order valence-electron chi connectivity index (χ1n) is 11.7. The number of fused-ring (bicyclic) bond motifs is 1. The van der Waals surface area contributed by atoms with Crippen LogP contribution >= 0.6 is 11.6 Å². The molecule has 0 fully saturated rings. The van der Waals surface area contributed by atoms with Gasteiger partial charge in [-0.25, -0.2) is 9.07 Å². The van der Waals surface area contributed by atoms with Gasteiger partial charge in [-0.05, 0) is 61.9 Å². The lowest BCUT2D eigenvalue weighted by Crippen LogP contribution is -2.51. The van der Waals surface area contributed by atoms with E-state index in [0.29, 0.717) is 17.1 Å². The Morgan fingerprint density at radius 2 is 1.83 bits per heavy atom. The van der Waals surface area contributed by atoms with Crippen molar-refractivity contribution in [2.45, 2.75) is 25.8 Å². The first-order chi connectivity index (χ1) is 17.0. The van der Waals surface area contributed by atoms with Gasteiger partial charge in [-0.2, -0.15) is 5.10 Å². The Hall–Kier alpha value is -3.64. The summed E-state index contributed by atoms with van der Waals surface area (Å²) in [6.07, 6.45) is 0. The molecule has 1 amide bonds. The number of hydrogen-bond acceptors (Lipinski definition) is 3. The van der Waals surface area contributed by atoms with Crippen LogP contribution in [0.4, 0.5) is 10.2 Å². The zero-order valence-electron chi connectivity index (χ0n) is 19.6. The fourth-order valence-electron chi connectivity index (χ4n) is 4.93. The SMILES string of the molecule is CCN1C[C@@H](NC(=O)c2cccc(Cl)c2)[C@@H](c2ccc(F)cc2)c2c(C)nn(-c3ccccc3)c21. The molecule has 0 saturated heterocycles. The molecule has 1 N–H and O–H groups in total. The minimum Gasteiger partial charge on any atom is -0.354 e. The van der Waals surface area contributed by atoms with E-state index in [-0.39, 0.29) is 23.7 Å². The number of para-hydroxylation sites is 1. The molecule has 5 rings (SSSR count). The van der Waals surface area contributed by atoms with E-state index in [1.54, 1.807) is 36.4 Å². The smallest absolute Gasteiger partial charge is 0.251 e. The van der Waals surface area contributed by atoms with Crippen molar-refractivity contribution in [2.24, 2.45) is 0 Å². The Morgan fingerprint density at radius 3 is 2.51 bits per heavy atom. The molecule has 0 unspecified atom stereocenters. The third-order valence-corrected chi connectivity index (χ3v) is 6.76. The van der Waals surface area contributed by atoms with Gasteiger partial charge >= 0.3 is 0 Å². The van der Waals surface area contributed by atoms with E-state index in [0.717, 1.165) is 34.9 Å². The van der Waals surface area contributed by atoms with Gasteiger partial charge in [0.05, 0.1) is 17.4 Å². The molecule has 1 aliphatic rings. The average Bonchev–Trinajstić information content (AvgIpc) is 3.22. The highest BCUT2D eigenvalue weighted by atomic mass is 35.5. The average molecular weight is 489 g/mol. The van der Waals surface area contributed by atoms with Crippen LogP contribution in [0.1, 0.15) is 40.0 Å². The number of likely N-dealkylation sites (N-methyl/N-ethyl adjacent to an activating group) is 1. The summed E-state index contributed by atoms with van der Waals surface area (Å²) in [5.74, 6) is 0.307. The molecule has 2 heterocycles. The van der Waals surface area contributed by atoms with Gasteiger partial charge in [-0.3, -0.25) is 4.79 Å². The summed E-state index contributed by atoms with van der Waals surface area (Å²) in [5.41, 5.74) is 4.30. The molecule has 1 aromatic heterocycles. The number of nitrogens with one attached hydrogen (secondary N) is 1. The van der Waals surface area contributed by atoms with Gasteiger partial charge < -0.3 is 10.2 Å². The minimum atomic E-state index is -0.295. The highest BCUT2D eigenvalue weighted by Gasteiger charge is 2.39. The fraction of sp³-hybridized carbons (Fsp3) is 0.214. The summed E-state index contributed by atoms with van der Waals surface area (Å²) >= 11 is 6.13. The Labute approximate surface area is 209 Å². The van der Waals surface area contributed by atoms with Gasteiger partial charge in [0.1, 0.15) is 11.6 Å². The maximum absolute atomic E-state index is 13.8. The summed E-state index contributed by atoms with van der Waals surface area (Å²) in [6.45, 7) is 5.40. The van der Waals surface area contributed by atoms with E-state index >= 15 is 0 Å². The first-order valence-corrected chi connectivity index (χ1v) is 12.1. The maximum Gasteiger partial charge on any atom is 0.251 e. The summed E-state index contributed by atoms with van der Waals surface area (Å²) in [6, 6.07) is 23.2. The maximum atomic E-state index is 13.8. The number of aryl methyl sites for hydroxylation is 1. The van der Waals surface area contributed by atoms with Crippen molar-refractivity contribution in [2.75, 3.05) is 18.0 Å². The topological polar surface area (TPSA) is 50.2 Å². The predicted octanol–water partition coefficient (Wildman–Crippen LogP) is 5.74. The molecule has 35 heavy (non-hydrogen) atoms. The van der Waals surface area contributed by atoms with Crippen molar-refractivity contribution in [3.05, 3.63) is 112 Å². The lowest BCUT2D eigenvalue weighted by molar-refractivity contribution is 0.0933. The second kappa shape index (κ2) is 9.55. The second-order valence-electron chi connectivity index (χ2n) is 8.73. The molecule has 0 radical (unpaired) electrons. The van der Waals surface area contributed by atoms with Crippen LogP contribution in [0.3, 0.4) is 0 Å². The van der Waals surface area contributed by atoms with Crippen molar-refractivity contribution in [3.8, 4) is 5.69 Å². The predicted molar refractivity (Wildman–Crippen MR) is 137 cm³/mol. The third-order valence-electron chi connectivity index (χ3n) is 6.53. The van der Waals surface area contributed by atoms with E-state index in [4.69, 9.17) is 16.7 Å². The molecule has 3 aromatic carbocycles. The molecular weight excluding hydrogens is 463 g/mol. The zero-order chi connectivity index (χ0) is 24.5. The molecule has 5 nitrogen and oxygen atoms in total. The van der Waals surface area contributed by atoms with Crippen LogP contribution in [-0.2, 0) is 0 Å². The summed E-state index contributed by atoms with van der Waals surface area (Å²) in [4.78, 5) is 15.5. The number of nitrogens with zero attached hydrogens (tertiary/aromatic N) is 3. The number of halogens is 2. The van der Waals surface area contributed by atoms with E-state index in [9.17, 15) is 9.18 Å². The summed E-state index contributed by atoms with van der Waals surface area (Å²) in [5, 5.41) is 8.65. The fourth-order valence-corrected chi connectivity index (χ4v) is 5.12. The number of carbonyl (C=O) groups excluding carboxylic acids is 1. The quantitative estimate of drug-likeness (QED) is 0.389. The van der Waals surface area contributed by atoms with Gasteiger partial charge in [0, 0.05) is 35.2 Å². The number of aromatic nitrogens is 2. The standard InChI is InChI=1S/C28H26ClFN4O/c1-3-33-17-24(31-27(35)20-8-7-9-21(29)16-20)26(19-12-14-22(30)15-13-19)25-18(2)32-34(28(25)33)23-10-5-4-6-11-23/h4-16,24,26H,3,17H2,1-2H3,(H,31,35)/t24-,26-/m1/s1. The molecule has 0 aliphatic carbocycles. The molecule has 0 bridgehead atoms. The molecule has 0 saturated carbocycles. The zero-order valence-corrected chi connectivity index (χ0v) is 20.3. The van der Waals surface area contributed by atoms with E-state index in [2.05, 4.69) is 17.1 Å². The van der Waals surface area contributed by atoms with Crippen LogP contribution in [0.25, 0.3) is 5.69 Å². The van der Waals surface area contributed by atoms with Crippen LogP contribution in [0.2, 0.25) is 5.02 Å². The van der Waals surface area contributed by atoms with Crippen molar-refractivity contribution >= 4 is 23.3 Å². The van der Waals surface area contributed by atoms with Crippen molar-refractivity contribution in [3.63, 3.8) is 0 Å². The lowest BCUT2D eigenvalue weighted by atomic mass is 9.81. The van der Waals surface area contributed by atoms with Gasteiger partial charge in [-0.1, -0.05) is 48.0 Å². The highest BCUT2D eigenvalue weighted by Crippen LogP contribution is 2.42. The molecule has 0 spiro atoms. The van der Waals surface area contributed by atoms with Gasteiger partial charge in [0.25, 0.3) is 5.91 Å². The van der Waals surface area contributed by atoms with Gasteiger partial charge in [0.2, 0.25) is 0 Å². The largest absolute Gasteiger partial charge is 0.354 e. The first kappa shape index (κ1) is 23.1. The number of benzene rings is 3. The molecular formula is C28H26ClFN4O. The third kappa shape index (κ3) is 4.42. The van der Waals surface area contributed by atoms with Crippen molar-refractivity contribution in [1.29, 1.82) is 0 Å². The highest BCUT2D eigenvalue weighted by molar-refractivity contribution is 6.30. The second-order valence-corrected chi connectivity index (χ2v) is 9.16. The Bertz CT molecular complexity index is 1350. The molecule has 4 aromatic rings. The molecule has 2 atom stereocenters. The number of anilines is 1. The van der Waals surface area contributed by atoms with Crippen LogP contribution in [0, 0.1) is 12.7 Å². The monoisotopic (exact) mass is 488 g/mol. The van der Waals surface area contributed by atoms with Crippen molar-refractivity contribution in [1.82, 2.24) is 15.1 Å². The normalized spacial score (nSPS) is 17.2. The van der Waals surface area contributed by atoms with E-state index in [1.807, 2.05) is 41.9 Å². The molecule has 178 valence electrons. The number of carbonyl (C=O) groups is 1. The Balaban J connectivity index is 1.63. The summed E-state index contributed by atoms with van der Waals surface area (Å²) < 4.78 is 15.8. The van der Waals surface area contributed by atoms with Crippen LogP contribution < -0.4 is 10.2 Å². The van der Waals surface area contributed by atoms with E-state index < -0.39 is 0 Å². The Morgan fingerprint density at radius 1 is 1.09 bits per heavy atom. The lowest BCUT2D eigenvalue weighted by Gasteiger charge is -2.40. The van der Waals surface area contributed by atoms with Crippen LogP contribution in [0.5, 0.6) is 0 Å². The minimum absolute atomic E-state index is 0.197. The number of amides is 1. The van der Waals surface area contributed by atoms with Gasteiger partial charge in [-0.15, -0.1) is 0 Å². The number of hydrogen-bond donors (Lipinski definition) is 1. The molecule has 7 heteroatoms.